The van der Waals surface area contributed by atoms with Crippen LogP contribution >= 0.6 is 11.3 Å². The SMILES string of the molecule is CCCCN1C(=O)C(=O)/C(=C(/O)c2cc(C(C)(C)C)ccc2C)C1c1cccs1. The Balaban J connectivity index is 2.19. The van der Waals surface area contributed by atoms with Crippen LogP contribution in [0.3, 0.4) is 0 Å². The number of carbonyl (C=O) groups is 2. The molecule has 5 heteroatoms. The van der Waals surface area contributed by atoms with Crippen LogP contribution in [0.1, 0.15) is 68.1 Å². The highest BCUT2D eigenvalue weighted by molar-refractivity contribution is 7.10. The number of ketones is 1. The number of hydrogen-bond acceptors (Lipinski definition) is 4. The molecule has 1 unspecified atom stereocenters. The first-order valence-corrected chi connectivity index (χ1v) is 11.0. The molecular weight excluding hydrogens is 382 g/mol. The van der Waals surface area contributed by atoms with Crippen LogP contribution in [0, 0.1) is 6.92 Å². The third-order valence-corrected chi connectivity index (χ3v) is 6.39. The number of benzene rings is 1. The van der Waals surface area contributed by atoms with Gasteiger partial charge in [-0.05, 0) is 47.4 Å². The van der Waals surface area contributed by atoms with Crippen molar-refractivity contribution in [3.05, 3.63) is 62.9 Å². The van der Waals surface area contributed by atoms with E-state index in [0.717, 1.165) is 28.8 Å². The van der Waals surface area contributed by atoms with Crippen molar-refractivity contribution in [2.75, 3.05) is 6.54 Å². The first-order chi connectivity index (χ1) is 13.7. The van der Waals surface area contributed by atoms with Crippen molar-refractivity contribution in [2.45, 2.75) is 58.9 Å². The van der Waals surface area contributed by atoms with Crippen LogP contribution in [0.2, 0.25) is 0 Å². The molecule has 1 aromatic carbocycles. The molecule has 1 aliphatic rings. The molecule has 154 valence electrons. The molecule has 1 aromatic heterocycles. The molecule has 1 aliphatic heterocycles. The summed E-state index contributed by atoms with van der Waals surface area (Å²) in [4.78, 5) is 28.3. The van der Waals surface area contributed by atoms with Gasteiger partial charge in [-0.3, -0.25) is 9.59 Å². The van der Waals surface area contributed by atoms with Gasteiger partial charge in [0.2, 0.25) is 0 Å². The Labute approximate surface area is 176 Å². The number of aliphatic hydroxyl groups excluding tert-OH is 1. The van der Waals surface area contributed by atoms with Gasteiger partial charge >= 0.3 is 0 Å². The third kappa shape index (κ3) is 4.01. The van der Waals surface area contributed by atoms with Gasteiger partial charge in [-0.2, -0.15) is 0 Å². The molecule has 2 aromatic rings. The fourth-order valence-corrected chi connectivity index (χ4v) is 4.52. The second-order valence-electron chi connectivity index (χ2n) is 8.64. The zero-order valence-electron chi connectivity index (χ0n) is 17.8. The van der Waals surface area contributed by atoms with Gasteiger partial charge in [-0.25, -0.2) is 0 Å². The molecule has 0 bridgehead atoms. The molecule has 0 radical (unpaired) electrons. The summed E-state index contributed by atoms with van der Waals surface area (Å²) in [5.74, 6) is -1.20. The maximum Gasteiger partial charge on any atom is 0.295 e. The number of amides is 1. The number of rotatable bonds is 5. The summed E-state index contributed by atoms with van der Waals surface area (Å²) in [7, 11) is 0. The molecular formula is C24H29NO3S. The van der Waals surface area contributed by atoms with Crippen LogP contribution in [-0.2, 0) is 15.0 Å². The summed E-state index contributed by atoms with van der Waals surface area (Å²) in [5.41, 5.74) is 2.66. The molecule has 0 saturated carbocycles. The standard InChI is InChI=1S/C24H29NO3S/c1-6-7-12-25-20(18-9-8-13-29-18)19(22(27)23(25)28)21(26)17-14-16(24(3,4)5)11-10-15(17)2/h8-11,13-14,20,26H,6-7,12H2,1-5H3/b21-19+. The van der Waals surface area contributed by atoms with Gasteiger partial charge in [-0.15, -0.1) is 11.3 Å². The zero-order chi connectivity index (χ0) is 21.3. The molecule has 0 spiro atoms. The highest BCUT2D eigenvalue weighted by Gasteiger charge is 2.46. The summed E-state index contributed by atoms with van der Waals surface area (Å²) in [6.07, 6.45) is 1.74. The smallest absolute Gasteiger partial charge is 0.295 e. The third-order valence-electron chi connectivity index (χ3n) is 5.46. The Morgan fingerprint density at radius 2 is 1.93 bits per heavy atom. The van der Waals surface area contributed by atoms with Crippen LogP contribution < -0.4 is 0 Å². The Morgan fingerprint density at radius 3 is 2.52 bits per heavy atom. The van der Waals surface area contributed by atoms with Gasteiger partial charge in [0.1, 0.15) is 5.76 Å². The predicted molar refractivity (Wildman–Crippen MR) is 118 cm³/mol. The molecule has 1 atom stereocenters. The van der Waals surface area contributed by atoms with E-state index in [1.165, 1.54) is 11.3 Å². The molecule has 0 aliphatic carbocycles. The Kier molecular flexibility index (Phi) is 5.99. The van der Waals surface area contributed by atoms with Gasteiger partial charge in [0.25, 0.3) is 11.7 Å². The quantitative estimate of drug-likeness (QED) is 0.397. The van der Waals surface area contributed by atoms with Crippen LogP contribution in [0.25, 0.3) is 5.76 Å². The van der Waals surface area contributed by atoms with Gasteiger partial charge in [-0.1, -0.05) is 52.3 Å². The van der Waals surface area contributed by atoms with E-state index in [1.807, 2.05) is 42.6 Å². The van der Waals surface area contributed by atoms with Crippen molar-refractivity contribution >= 4 is 28.8 Å². The fraction of sp³-hybridized carbons (Fsp3) is 0.417. The van der Waals surface area contributed by atoms with Crippen molar-refractivity contribution in [3.63, 3.8) is 0 Å². The van der Waals surface area contributed by atoms with E-state index in [2.05, 4.69) is 27.7 Å². The lowest BCUT2D eigenvalue weighted by Gasteiger charge is -2.24. The molecule has 1 saturated heterocycles. The van der Waals surface area contributed by atoms with Gasteiger partial charge < -0.3 is 10.0 Å². The largest absolute Gasteiger partial charge is 0.507 e. The number of nitrogens with zero attached hydrogens (tertiary/aromatic N) is 1. The lowest BCUT2D eigenvalue weighted by molar-refractivity contribution is -0.139. The predicted octanol–water partition coefficient (Wildman–Crippen LogP) is 5.58. The van der Waals surface area contributed by atoms with E-state index in [4.69, 9.17) is 0 Å². The Bertz CT molecular complexity index is 951. The van der Waals surface area contributed by atoms with Crippen molar-refractivity contribution in [1.82, 2.24) is 4.90 Å². The minimum atomic E-state index is -0.599. The fourth-order valence-electron chi connectivity index (χ4n) is 3.67. The molecule has 4 nitrogen and oxygen atoms in total. The minimum absolute atomic E-state index is 0.0793. The maximum absolute atomic E-state index is 13.0. The number of aryl methyl sites for hydroxylation is 1. The van der Waals surface area contributed by atoms with E-state index in [-0.39, 0.29) is 16.7 Å². The van der Waals surface area contributed by atoms with Crippen molar-refractivity contribution in [3.8, 4) is 0 Å². The van der Waals surface area contributed by atoms with E-state index in [9.17, 15) is 14.7 Å². The van der Waals surface area contributed by atoms with Crippen LogP contribution in [0.4, 0.5) is 0 Å². The van der Waals surface area contributed by atoms with Crippen molar-refractivity contribution < 1.29 is 14.7 Å². The first kappa shape index (κ1) is 21.3. The molecule has 1 fully saturated rings. The van der Waals surface area contributed by atoms with E-state index < -0.39 is 17.7 Å². The normalized spacial score (nSPS) is 19.2. The number of carbonyl (C=O) groups excluding carboxylic acids is 2. The molecule has 3 rings (SSSR count). The van der Waals surface area contributed by atoms with Gasteiger partial charge in [0, 0.05) is 17.0 Å². The van der Waals surface area contributed by atoms with Gasteiger partial charge in [0.05, 0.1) is 11.6 Å². The highest BCUT2D eigenvalue weighted by atomic mass is 32.1. The lowest BCUT2D eigenvalue weighted by Crippen LogP contribution is -2.30. The minimum Gasteiger partial charge on any atom is -0.507 e. The molecule has 2 heterocycles. The Hall–Kier alpha value is -2.40. The van der Waals surface area contributed by atoms with E-state index in [0.29, 0.717) is 12.1 Å². The molecule has 1 amide bonds. The Morgan fingerprint density at radius 1 is 1.21 bits per heavy atom. The topological polar surface area (TPSA) is 57.6 Å². The highest BCUT2D eigenvalue weighted by Crippen LogP contribution is 2.42. The maximum atomic E-state index is 13.0. The average molecular weight is 412 g/mol. The number of unbranched alkanes of at least 4 members (excludes halogenated alkanes) is 1. The zero-order valence-corrected chi connectivity index (χ0v) is 18.6. The second-order valence-corrected chi connectivity index (χ2v) is 9.62. The summed E-state index contributed by atoms with van der Waals surface area (Å²) in [6, 6.07) is 9.25. The molecule has 29 heavy (non-hydrogen) atoms. The van der Waals surface area contributed by atoms with Crippen LogP contribution in [0.5, 0.6) is 0 Å². The van der Waals surface area contributed by atoms with Crippen molar-refractivity contribution in [2.24, 2.45) is 0 Å². The second kappa shape index (κ2) is 8.15. The van der Waals surface area contributed by atoms with Gasteiger partial charge in [0.15, 0.2) is 0 Å². The van der Waals surface area contributed by atoms with E-state index >= 15 is 0 Å². The number of aliphatic hydroxyl groups is 1. The number of likely N-dealkylation sites (tertiary alicyclic amines) is 1. The number of hydrogen-bond donors (Lipinski definition) is 1. The first-order valence-electron chi connectivity index (χ1n) is 10.1. The van der Waals surface area contributed by atoms with Crippen molar-refractivity contribution in [1.29, 1.82) is 0 Å². The summed E-state index contributed by atoms with van der Waals surface area (Å²) >= 11 is 1.50. The summed E-state index contributed by atoms with van der Waals surface area (Å²) in [5, 5.41) is 13.2. The number of thiophene rings is 1. The van der Waals surface area contributed by atoms with Crippen LogP contribution in [0.15, 0.2) is 41.3 Å². The monoisotopic (exact) mass is 411 g/mol. The lowest BCUT2D eigenvalue weighted by atomic mass is 9.84. The average Bonchev–Trinajstić information content (AvgIpc) is 3.27. The summed E-state index contributed by atoms with van der Waals surface area (Å²) in [6.45, 7) is 10.8. The molecule has 1 N–H and O–H groups in total. The van der Waals surface area contributed by atoms with E-state index in [1.54, 1.807) is 4.90 Å². The van der Waals surface area contributed by atoms with Crippen LogP contribution in [-0.4, -0.2) is 28.2 Å². The number of Topliss-reactive ketones (excluding diaryl/α,β-unsaturated/α-hetero) is 1. The summed E-state index contributed by atoms with van der Waals surface area (Å²) < 4.78 is 0.